The second-order valence-electron chi connectivity index (χ2n) is 15.9. The first-order valence-electron chi connectivity index (χ1n) is 20.4. The summed E-state index contributed by atoms with van der Waals surface area (Å²) in [7, 11) is 0. The second kappa shape index (κ2) is 12.1. The van der Waals surface area contributed by atoms with Gasteiger partial charge in [-0.1, -0.05) is 140 Å². The normalized spacial score (nSPS) is 13.2. The molecular weight excluding hydrogens is 715 g/mol. The Labute approximate surface area is 341 Å². The number of fused-ring (bicyclic) bond motifs is 8. The molecule has 1 spiro atoms. The van der Waals surface area contributed by atoms with Gasteiger partial charge in [0.15, 0.2) is 0 Å². The molecule has 0 aliphatic heterocycles. The van der Waals surface area contributed by atoms with E-state index in [2.05, 4.69) is 222 Å². The molecule has 11 aromatic rings. The van der Waals surface area contributed by atoms with E-state index < -0.39 is 5.41 Å². The van der Waals surface area contributed by atoms with E-state index >= 15 is 0 Å². The number of nitrogens with zero attached hydrogens (tertiary/aromatic N) is 3. The third kappa shape index (κ3) is 4.39. The van der Waals surface area contributed by atoms with Crippen LogP contribution in [0, 0.1) is 0 Å². The van der Waals surface area contributed by atoms with Crippen molar-refractivity contribution >= 4 is 60.5 Å². The summed E-state index contributed by atoms with van der Waals surface area (Å²) in [6.45, 7) is 0. The van der Waals surface area contributed by atoms with Crippen molar-refractivity contribution in [1.82, 2.24) is 9.55 Å². The predicted molar refractivity (Wildman–Crippen MR) is 245 cm³/mol. The van der Waals surface area contributed by atoms with E-state index in [1.807, 2.05) is 0 Å². The minimum atomic E-state index is -0.535. The van der Waals surface area contributed by atoms with Crippen molar-refractivity contribution in [3.05, 3.63) is 235 Å². The highest BCUT2D eigenvalue weighted by Crippen LogP contribution is 2.62. The van der Waals surface area contributed by atoms with Crippen LogP contribution in [0.4, 0.5) is 17.1 Å². The van der Waals surface area contributed by atoms with E-state index in [1.165, 1.54) is 77.0 Å². The number of pyridine rings is 1. The highest BCUT2D eigenvalue weighted by atomic mass is 15.1. The van der Waals surface area contributed by atoms with Gasteiger partial charge in [0.05, 0.1) is 28.2 Å². The highest BCUT2D eigenvalue weighted by molar-refractivity contribution is 6.26. The zero-order valence-electron chi connectivity index (χ0n) is 32.0. The first-order chi connectivity index (χ1) is 29.3. The Morgan fingerprint density at radius 3 is 1.78 bits per heavy atom. The third-order valence-electron chi connectivity index (χ3n) is 13.0. The molecule has 0 fully saturated rings. The third-order valence-corrected chi connectivity index (χ3v) is 13.0. The molecule has 3 heteroatoms. The van der Waals surface area contributed by atoms with Crippen molar-refractivity contribution in [3.8, 4) is 27.9 Å². The van der Waals surface area contributed by atoms with Crippen LogP contribution in [0.3, 0.4) is 0 Å². The average Bonchev–Trinajstić information content (AvgIpc) is 3.80. The molecule has 2 heterocycles. The van der Waals surface area contributed by atoms with E-state index in [0.717, 1.165) is 33.8 Å². The van der Waals surface area contributed by atoms with Gasteiger partial charge in [0.2, 0.25) is 0 Å². The van der Waals surface area contributed by atoms with Crippen LogP contribution in [0.5, 0.6) is 0 Å². The van der Waals surface area contributed by atoms with Crippen molar-refractivity contribution in [1.29, 1.82) is 0 Å². The quantitative estimate of drug-likeness (QED) is 0.175. The Balaban J connectivity index is 1.09. The summed E-state index contributed by atoms with van der Waals surface area (Å²) in [6.07, 6.45) is 2.09. The van der Waals surface area contributed by atoms with Crippen molar-refractivity contribution in [2.24, 2.45) is 0 Å². The molecule has 9 aromatic carbocycles. The zero-order chi connectivity index (χ0) is 38.7. The lowest BCUT2D eigenvalue weighted by Gasteiger charge is -2.38. The number of benzene rings is 9. The molecule has 0 N–H and O–H groups in total. The van der Waals surface area contributed by atoms with Gasteiger partial charge in [0.25, 0.3) is 0 Å². The second-order valence-corrected chi connectivity index (χ2v) is 15.9. The van der Waals surface area contributed by atoms with E-state index in [-0.39, 0.29) is 0 Å². The van der Waals surface area contributed by atoms with Gasteiger partial charge in [0.1, 0.15) is 0 Å². The van der Waals surface area contributed by atoms with Crippen molar-refractivity contribution in [2.75, 3.05) is 4.90 Å². The molecule has 2 aliphatic carbocycles. The van der Waals surface area contributed by atoms with Gasteiger partial charge in [-0.15, -0.1) is 0 Å². The lowest BCUT2D eigenvalue weighted by molar-refractivity contribution is 0.783. The van der Waals surface area contributed by atoms with Crippen LogP contribution in [0.2, 0.25) is 0 Å². The molecule has 0 amide bonds. The SMILES string of the molecule is c1ccc(N(c2ccc(-c3cc4c5c6c7c(cccc7ncc6n(-c6ccccc6)c5c3)C43c4ccccc4-c4ccccc43)cc2)c2ccc3ccccc3c2)cc1. The molecule has 0 saturated carbocycles. The van der Waals surface area contributed by atoms with Crippen LogP contribution in [-0.2, 0) is 5.41 Å². The largest absolute Gasteiger partial charge is 0.310 e. The van der Waals surface area contributed by atoms with Gasteiger partial charge in [-0.25, -0.2) is 0 Å². The zero-order valence-corrected chi connectivity index (χ0v) is 32.0. The molecule has 0 atom stereocenters. The number of para-hydroxylation sites is 2. The first-order valence-corrected chi connectivity index (χ1v) is 20.4. The monoisotopic (exact) mass is 749 g/mol. The van der Waals surface area contributed by atoms with E-state index in [1.54, 1.807) is 0 Å². The minimum Gasteiger partial charge on any atom is -0.310 e. The number of aromatic nitrogens is 2. The Morgan fingerprint density at radius 1 is 0.390 bits per heavy atom. The molecule has 13 rings (SSSR count). The molecule has 0 bridgehead atoms. The molecule has 2 aromatic heterocycles. The molecule has 59 heavy (non-hydrogen) atoms. The van der Waals surface area contributed by atoms with E-state index in [0.29, 0.717) is 0 Å². The summed E-state index contributed by atoms with van der Waals surface area (Å²) in [4.78, 5) is 7.55. The maximum atomic E-state index is 5.20. The van der Waals surface area contributed by atoms with Crippen molar-refractivity contribution in [2.45, 2.75) is 5.41 Å². The number of anilines is 3. The smallest absolute Gasteiger partial charge is 0.0731 e. The lowest BCUT2D eigenvalue weighted by Crippen LogP contribution is -2.30. The molecule has 3 nitrogen and oxygen atoms in total. The fraction of sp³-hybridized carbons (Fsp3) is 0.0179. The molecule has 0 saturated heterocycles. The fourth-order valence-electron chi connectivity index (χ4n) is 10.6. The van der Waals surface area contributed by atoms with Gasteiger partial charge < -0.3 is 9.47 Å². The van der Waals surface area contributed by atoms with Gasteiger partial charge in [0, 0.05) is 38.9 Å². The van der Waals surface area contributed by atoms with E-state index in [9.17, 15) is 0 Å². The molecule has 0 unspecified atom stereocenters. The fourth-order valence-corrected chi connectivity index (χ4v) is 10.6. The van der Waals surface area contributed by atoms with Crippen molar-refractivity contribution in [3.63, 3.8) is 0 Å². The topological polar surface area (TPSA) is 21.1 Å². The number of hydrogen-bond donors (Lipinski definition) is 0. The Kier molecular flexibility index (Phi) is 6.65. The van der Waals surface area contributed by atoms with Gasteiger partial charge in [-0.3, -0.25) is 4.98 Å². The van der Waals surface area contributed by atoms with Gasteiger partial charge in [-0.05, 0) is 122 Å². The Hall–Kier alpha value is -7.75. The highest BCUT2D eigenvalue weighted by Gasteiger charge is 2.50. The average molecular weight is 750 g/mol. The van der Waals surface area contributed by atoms with Crippen LogP contribution >= 0.6 is 0 Å². The minimum absolute atomic E-state index is 0.535. The first kappa shape index (κ1) is 32.3. The number of rotatable bonds is 5. The van der Waals surface area contributed by atoms with Crippen LogP contribution < -0.4 is 4.90 Å². The Bertz CT molecular complexity index is 3450. The van der Waals surface area contributed by atoms with Gasteiger partial charge in [-0.2, -0.15) is 0 Å². The van der Waals surface area contributed by atoms with Crippen LogP contribution in [0.1, 0.15) is 22.3 Å². The standard InChI is InChI=1S/C56H35N3/c1-3-16-40(17-4-1)58(43-31-28-36-14-7-8-15-38(36)32-43)42-29-26-37(27-30-42)39-33-49-54-51(34-39)59(41-18-5-2-6-19-41)52-35-57-50-25-13-24-48(53(50)55(52)54)56(49)46-22-11-9-20-44(46)45-21-10-12-23-47(45)56/h1-35H. The van der Waals surface area contributed by atoms with Crippen LogP contribution in [0.25, 0.3) is 71.4 Å². The summed E-state index contributed by atoms with van der Waals surface area (Å²) in [5, 5.41) is 6.28. The summed E-state index contributed by atoms with van der Waals surface area (Å²) in [5.41, 5.74) is 17.5. The van der Waals surface area contributed by atoms with Crippen molar-refractivity contribution < 1.29 is 0 Å². The molecule has 2 aliphatic rings. The predicted octanol–water partition coefficient (Wildman–Crippen LogP) is 14.3. The van der Waals surface area contributed by atoms with Crippen LogP contribution in [-0.4, -0.2) is 9.55 Å². The van der Waals surface area contributed by atoms with Gasteiger partial charge >= 0.3 is 0 Å². The summed E-state index contributed by atoms with van der Waals surface area (Å²) in [5.74, 6) is 0. The number of hydrogen-bond acceptors (Lipinski definition) is 2. The maximum Gasteiger partial charge on any atom is 0.0731 e. The molecule has 274 valence electrons. The summed E-state index contributed by atoms with van der Waals surface area (Å²) >= 11 is 0. The summed E-state index contributed by atoms with van der Waals surface area (Å²) in [6, 6.07) is 75.7. The molecular formula is C56H35N3. The Morgan fingerprint density at radius 2 is 1.02 bits per heavy atom. The molecule has 0 radical (unpaired) electrons. The van der Waals surface area contributed by atoms with Crippen LogP contribution in [0.15, 0.2) is 212 Å². The maximum absolute atomic E-state index is 5.20. The van der Waals surface area contributed by atoms with E-state index in [4.69, 9.17) is 4.98 Å². The lowest BCUT2D eigenvalue weighted by atomic mass is 9.63. The summed E-state index contributed by atoms with van der Waals surface area (Å²) < 4.78 is 2.44.